The van der Waals surface area contributed by atoms with E-state index in [0.29, 0.717) is 17.5 Å². The number of aromatic nitrogens is 5. The Bertz CT molecular complexity index is 3850. The predicted molar refractivity (Wildman–Crippen MR) is 258 cm³/mol. The van der Waals surface area contributed by atoms with Crippen molar-refractivity contribution in [2.75, 3.05) is 0 Å². The molecule has 13 aromatic rings. The number of furan rings is 1. The summed E-state index contributed by atoms with van der Waals surface area (Å²) >= 11 is 0. The highest BCUT2D eigenvalue weighted by atomic mass is 16.3. The Hall–Kier alpha value is -8.61. The van der Waals surface area contributed by atoms with E-state index in [9.17, 15) is 0 Å². The van der Waals surface area contributed by atoms with Gasteiger partial charge in [0.1, 0.15) is 5.58 Å². The molecular formula is C57H35N5O. The molecule has 0 fully saturated rings. The molecule has 13 rings (SSSR count). The summed E-state index contributed by atoms with van der Waals surface area (Å²) in [5, 5.41) is 6.85. The van der Waals surface area contributed by atoms with Gasteiger partial charge in [-0.2, -0.15) is 0 Å². The Balaban J connectivity index is 1.09. The Morgan fingerprint density at radius 2 is 0.873 bits per heavy atom. The molecule has 0 aliphatic carbocycles. The number of rotatable bonds is 6. The topological polar surface area (TPSA) is 61.7 Å². The summed E-state index contributed by atoms with van der Waals surface area (Å²) in [6.07, 6.45) is 0. The van der Waals surface area contributed by atoms with Gasteiger partial charge in [0, 0.05) is 60.4 Å². The second-order valence-corrected chi connectivity index (χ2v) is 16.0. The van der Waals surface area contributed by atoms with Gasteiger partial charge in [-0.1, -0.05) is 158 Å². The van der Waals surface area contributed by atoms with Crippen molar-refractivity contribution in [3.63, 3.8) is 0 Å². The van der Waals surface area contributed by atoms with Crippen molar-refractivity contribution in [3.05, 3.63) is 212 Å². The SMILES string of the molecule is c1ccc(-c2nc(-c3ccccc3)nc(-c3cccc(-n4c5ccccc5c5c(-c6ccc7c8ccccc8n(-c8ccccc8)c7c6)cc6c7ccccc7oc6c54)c3)n2)cc1. The van der Waals surface area contributed by atoms with Crippen LogP contribution >= 0.6 is 0 Å². The fourth-order valence-corrected chi connectivity index (χ4v) is 9.54. The number of nitrogens with zero attached hydrogens (tertiary/aromatic N) is 5. The second kappa shape index (κ2) is 14.0. The molecule has 6 heteroatoms. The lowest BCUT2D eigenvalue weighted by Crippen LogP contribution is -2.01. The van der Waals surface area contributed by atoms with Crippen LogP contribution in [0.15, 0.2) is 217 Å². The first kappa shape index (κ1) is 35.2. The smallest absolute Gasteiger partial charge is 0.164 e. The van der Waals surface area contributed by atoms with Crippen LogP contribution in [0.1, 0.15) is 0 Å². The van der Waals surface area contributed by atoms with Gasteiger partial charge in [-0.25, -0.2) is 15.0 Å². The zero-order valence-corrected chi connectivity index (χ0v) is 33.9. The molecule has 0 saturated heterocycles. The number of para-hydroxylation sites is 4. The van der Waals surface area contributed by atoms with Gasteiger partial charge in [0.05, 0.1) is 22.1 Å². The molecule has 0 radical (unpaired) electrons. The van der Waals surface area contributed by atoms with Crippen LogP contribution < -0.4 is 0 Å². The molecule has 294 valence electrons. The van der Waals surface area contributed by atoms with Crippen LogP contribution in [0.3, 0.4) is 0 Å². The molecule has 63 heavy (non-hydrogen) atoms. The van der Waals surface area contributed by atoms with Crippen LogP contribution in [0.2, 0.25) is 0 Å². The Kier molecular flexibility index (Phi) is 7.80. The second-order valence-electron chi connectivity index (χ2n) is 16.0. The highest BCUT2D eigenvalue weighted by Crippen LogP contribution is 2.46. The quantitative estimate of drug-likeness (QED) is 0.168. The highest BCUT2D eigenvalue weighted by Gasteiger charge is 2.24. The van der Waals surface area contributed by atoms with Gasteiger partial charge in [0.15, 0.2) is 23.1 Å². The standard InChI is InChI=1S/C57H35N5O/c1-4-17-36(18-5-1)55-58-56(37-19-6-2-7-20-37)60-57(59-55)39-21-16-24-41(33-39)62-49-29-14-11-27-45(49)52-46(35-47-44-26-12-15-30-51(44)63-54(47)53(52)62)38-31-32-43-42-25-10-13-28-48(42)61(50(43)34-38)40-22-8-3-9-23-40/h1-35H. The molecule has 6 nitrogen and oxygen atoms in total. The van der Waals surface area contributed by atoms with Crippen LogP contribution in [0.4, 0.5) is 0 Å². The molecule has 9 aromatic carbocycles. The van der Waals surface area contributed by atoms with E-state index in [4.69, 9.17) is 19.4 Å². The molecule has 4 heterocycles. The maximum absolute atomic E-state index is 6.92. The molecule has 0 N–H and O–H groups in total. The lowest BCUT2D eigenvalue weighted by Gasteiger charge is -2.13. The van der Waals surface area contributed by atoms with E-state index in [1.54, 1.807) is 0 Å². The van der Waals surface area contributed by atoms with Crippen LogP contribution in [-0.4, -0.2) is 24.1 Å². The van der Waals surface area contributed by atoms with E-state index in [1.807, 2.05) is 66.7 Å². The van der Waals surface area contributed by atoms with Gasteiger partial charge in [-0.3, -0.25) is 0 Å². The van der Waals surface area contributed by atoms with Crippen LogP contribution in [0.25, 0.3) is 122 Å². The highest BCUT2D eigenvalue weighted by molar-refractivity contribution is 6.26. The number of hydrogen-bond acceptors (Lipinski definition) is 4. The summed E-state index contributed by atoms with van der Waals surface area (Å²) in [7, 11) is 0. The average Bonchev–Trinajstić information content (AvgIpc) is 4.02. The minimum atomic E-state index is 0.599. The van der Waals surface area contributed by atoms with E-state index in [2.05, 4.69) is 155 Å². The van der Waals surface area contributed by atoms with Crippen LogP contribution in [0, 0.1) is 0 Å². The van der Waals surface area contributed by atoms with E-state index in [1.165, 1.54) is 16.3 Å². The predicted octanol–water partition coefficient (Wildman–Crippen LogP) is 14.6. The van der Waals surface area contributed by atoms with E-state index in [0.717, 1.165) is 88.5 Å². The summed E-state index contributed by atoms with van der Waals surface area (Å²) in [5.41, 5.74) is 13.2. The van der Waals surface area contributed by atoms with Crippen molar-refractivity contribution >= 4 is 65.6 Å². The van der Waals surface area contributed by atoms with Gasteiger partial charge in [-0.05, 0) is 65.7 Å². The molecule has 4 aromatic heterocycles. The minimum absolute atomic E-state index is 0.599. The van der Waals surface area contributed by atoms with Crippen LogP contribution in [-0.2, 0) is 0 Å². The number of hydrogen-bond donors (Lipinski definition) is 0. The molecule has 0 aliphatic heterocycles. The first-order valence-electron chi connectivity index (χ1n) is 21.2. The Morgan fingerprint density at radius 1 is 0.333 bits per heavy atom. The molecule has 0 bridgehead atoms. The zero-order chi connectivity index (χ0) is 41.4. The van der Waals surface area contributed by atoms with Gasteiger partial charge >= 0.3 is 0 Å². The summed E-state index contributed by atoms with van der Waals surface area (Å²) in [6, 6.07) is 74.4. The van der Waals surface area contributed by atoms with Crippen molar-refractivity contribution in [3.8, 4) is 56.7 Å². The van der Waals surface area contributed by atoms with E-state index >= 15 is 0 Å². The third-order valence-corrected chi connectivity index (χ3v) is 12.3. The van der Waals surface area contributed by atoms with Crippen molar-refractivity contribution in [1.82, 2.24) is 24.1 Å². The van der Waals surface area contributed by atoms with Crippen molar-refractivity contribution < 1.29 is 4.42 Å². The van der Waals surface area contributed by atoms with Gasteiger partial charge < -0.3 is 13.6 Å². The molecule has 0 atom stereocenters. The van der Waals surface area contributed by atoms with Gasteiger partial charge in [-0.15, -0.1) is 0 Å². The zero-order valence-electron chi connectivity index (χ0n) is 33.9. The third kappa shape index (κ3) is 5.55. The molecule has 0 saturated carbocycles. The van der Waals surface area contributed by atoms with Crippen molar-refractivity contribution in [1.29, 1.82) is 0 Å². The Labute approximate surface area is 361 Å². The maximum Gasteiger partial charge on any atom is 0.164 e. The fraction of sp³-hybridized carbons (Fsp3) is 0. The van der Waals surface area contributed by atoms with Gasteiger partial charge in [0.2, 0.25) is 0 Å². The summed E-state index contributed by atoms with van der Waals surface area (Å²) in [4.78, 5) is 15.2. The van der Waals surface area contributed by atoms with Crippen molar-refractivity contribution in [2.45, 2.75) is 0 Å². The molecule has 0 spiro atoms. The number of fused-ring (bicyclic) bond motifs is 10. The van der Waals surface area contributed by atoms with E-state index < -0.39 is 0 Å². The first-order chi connectivity index (χ1) is 31.2. The monoisotopic (exact) mass is 805 g/mol. The summed E-state index contributed by atoms with van der Waals surface area (Å²) in [5.74, 6) is 1.85. The molecular weight excluding hydrogens is 771 g/mol. The maximum atomic E-state index is 6.92. The summed E-state index contributed by atoms with van der Waals surface area (Å²) in [6.45, 7) is 0. The molecule has 0 unspecified atom stereocenters. The van der Waals surface area contributed by atoms with Crippen molar-refractivity contribution in [2.24, 2.45) is 0 Å². The number of benzene rings is 9. The van der Waals surface area contributed by atoms with Gasteiger partial charge in [0.25, 0.3) is 0 Å². The first-order valence-corrected chi connectivity index (χ1v) is 21.2. The van der Waals surface area contributed by atoms with Crippen LogP contribution in [0.5, 0.6) is 0 Å². The lowest BCUT2D eigenvalue weighted by atomic mass is 9.96. The average molecular weight is 806 g/mol. The third-order valence-electron chi connectivity index (χ3n) is 12.3. The molecule has 0 aliphatic rings. The minimum Gasteiger partial charge on any atom is -0.454 e. The Morgan fingerprint density at radius 3 is 1.59 bits per heavy atom. The van der Waals surface area contributed by atoms with E-state index in [-0.39, 0.29) is 0 Å². The largest absolute Gasteiger partial charge is 0.454 e. The molecule has 0 amide bonds. The lowest BCUT2D eigenvalue weighted by molar-refractivity contribution is 0.671. The normalized spacial score (nSPS) is 11.8. The summed E-state index contributed by atoms with van der Waals surface area (Å²) < 4.78 is 11.7. The fourth-order valence-electron chi connectivity index (χ4n) is 9.54.